The molecule has 0 bridgehead atoms. The van der Waals surface area contributed by atoms with Crippen molar-refractivity contribution in [3.8, 4) is 0 Å². The van der Waals surface area contributed by atoms with Crippen LogP contribution in [0, 0.1) is 0 Å². The van der Waals surface area contributed by atoms with Gasteiger partial charge in [0, 0.05) is 37.3 Å². The number of fused-ring (bicyclic) bond motifs is 3. The Morgan fingerprint density at radius 1 is 1.25 bits per heavy atom. The summed E-state index contributed by atoms with van der Waals surface area (Å²) in [4.78, 5) is 15.5. The number of aryl methyl sites for hydroxylation is 1. The Morgan fingerprint density at radius 2 is 2.15 bits per heavy atom. The van der Waals surface area contributed by atoms with Gasteiger partial charge in [-0.2, -0.15) is 0 Å². The Hall–Kier alpha value is -1.71. The van der Waals surface area contributed by atoms with Crippen molar-refractivity contribution in [2.24, 2.45) is 0 Å². The van der Waals surface area contributed by atoms with Gasteiger partial charge in [-0.3, -0.25) is 0 Å². The highest BCUT2D eigenvalue weighted by atomic mass is 16.4. The van der Waals surface area contributed by atoms with E-state index in [4.69, 9.17) is 0 Å². The van der Waals surface area contributed by atoms with Crippen LogP contribution in [0.3, 0.4) is 0 Å². The molecular weight excluding hydrogens is 252 g/mol. The SMILES string of the molecule is O=C(O)N1CCC[C@H]2[C@@H](C1)c1cccc3c1N2CCC3. The second-order valence-electron chi connectivity index (χ2n) is 6.20. The van der Waals surface area contributed by atoms with Gasteiger partial charge in [0.15, 0.2) is 0 Å². The Balaban J connectivity index is 1.77. The number of likely N-dealkylation sites (tertiary alicyclic amines) is 1. The smallest absolute Gasteiger partial charge is 0.407 e. The highest BCUT2D eigenvalue weighted by molar-refractivity contribution is 5.70. The number of benzene rings is 1. The third kappa shape index (κ3) is 1.63. The van der Waals surface area contributed by atoms with E-state index in [-0.39, 0.29) is 0 Å². The van der Waals surface area contributed by atoms with Gasteiger partial charge in [-0.05, 0) is 36.8 Å². The molecule has 3 aliphatic heterocycles. The van der Waals surface area contributed by atoms with Crippen LogP contribution < -0.4 is 4.90 Å². The number of hydrogen-bond acceptors (Lipinski definition) is 2. The maximum atomic E-state index is 11.4. The fourth-order valence-electron chi connectivity index (χ4n) is 4.34. The zero-order valence-electron chi connectivity index (χ0n) is 11.6. The second-order valence-corrected chi connectivity index (χ2v) is 6.20. The van der Waals surface area contributed by atoms with E-state index in [0.717, 1.165) is 19.4 Å². The minimum atomic E-state index is -0.767. The van der Waals surface area contributed by atoms with E-state index in [2.05, 4.69) is 23.1 Å². The molecule has 1 aromatic rings. The second kappa shape index (κ2) is 4.40. The van der Waals surface area contributed by atoms with E-state index in [1.54, 1.807) is 4.90 Å². The Kier molecular flexibility index (Phi) is 2.65. The summed E-state index contributed by atoms with van der Waals surface area (Å²) in [5.41, 5.74) is 4.28. The van der Waals surface area contributed by atoms with Crippen LogP contribution in [0.5, 0.6) is 0 Å². The maximum Gasteiger partial charge on any atom is 0.407 e. The summed E-state index contributed by atoms with van der Waals surface area (Å²) in [6.45, 7) is 2.48. The molecule has 3 heterocycles. The summed E-state index contributed by atoms with van der Waals surface area (Å²) in [5, 5.41) is 9.33. The average molecular weight is 272 g/mol. The first-order valence-electron chi connectivity index (χ1n) is 7.62. The predicted molar refractivity (Wildman–Crippen MR) is 77.5 cm³/mol. The van der Waals surface area contributed by atoms with Crippen molar-refractivity contribution in [1.82, 2.24) is 4.90 Å². The van der Waals surface area contributed by atoms with Crippen molar-refractivity contribution >= 4 is 11.8 Å². The summed E-state index contributed by atoms with van der Waals surface area (Å²) in [7, 11) is 0. The van der Waals surface area contributed by atoms with Crippen molar-refractivity contribution in [1.29, 1.82) is 0 Å². The fourth-order valence-corrected chi connectivity index (χ4v) is 4.34. The van der Waals surface area contributed by atoms with Crippen LogP contribution >= 0.6 is 0 Å². The van der Waals surface area contributed by atoms with Crippen LogP contribution in [0.25, 0.3) is 0 Å². The minimum absolute atomic E-state index is 0.363. The highest BCUT2D eigenvalue weighted by Crippen LogP contribution is 2.47. The normalized spacial score (nSPS) is 27.8. The van der Waals surface area contributed by atoms with Crippen LogP contribution in [0.1, 0.15) is 36.3 Å². The summed E-state index contributed by atoms with van der Waals surface area (Å²) >= 11 is 0. The number of carbonyl (C=O) groups is 1. The molecule has 2 atom stereocenters. The fraction of sp³-hybridized carbons (Fsp3) is 0.562. The largest absolute Gasteiger partial charge is 0.465 e. The van der Waals surface area contributed by atoms with Gasteiger partial charge in [0.1, 0.15) is 0 Å². The topological polar surface area (TPSA) is 43.8 Å². The molecule has 1 amide bonds. The van der Waals surface area contributed by atoms with Crippen LogP contribution in [0.15, 0.2) is 18.2 Å². The highest BCUT2D eigenvalue weighted by Gasteiger charge is 2.42. The summed E-state index contributed by atoms with van der Waals surface area (Å²) < 4.78 is 0. The maximum absolute atomic E-state index is 11.4. The van der Waals surface area contributed by atoms with Crippen molar-refractivity contribution in [2.45, 2.75) is 37.6 Å². The average Bonchev–Trinajstić information content (AvgIpc) is 2.63. The number of anilines is 1. The third-order valence-corrected chi connectivity index (χ3v) is 5.16. The molecule has 4 heteroatoms. The van der Waals surface area contributed by atoms with E-state index in [1.165, 1.54) is 29.7 Å². The molecule has 1 aromatic carbocycles. The van der Waals surface area contributed by atoms with Crippen molar-refractivity contribution in [3.05, 3.63) is 29.3 Å². The van der Waals surface area contributed by atoms with Crippen LogP contribution in [-0.2, 0) is 6.42 Å². The molecule has 0 saturated carbocycles. The van der Waals surface area contributed by atoms with Crippen LogP contribution in [-0.4, -0.2) is 41.8 Å². The number of rotatable bonds is 0. The van der Waals surface area contributed by atoms with Gasteiger partial charge in [-0.25, -0.2) is 4.79 Å². The van der Waals surface area contributed by atoms with E-state index in [9.17, 15) is 9.90 Å². The summed E-state index contributed by atoms with van der Waals surface area (Å²) in [5.74, 6) is 0.363. The lowest BCUT2D eigenvalue weighted by atomic mass is 9.92. The lowest BCUT2D eigenvalue weighted by molar-refractivity contribution is 0.145. The van der Waals surface area contributed by atoms with Gasteiger partial charge in [0.2, 0.25) is 0 Å². The summed E-state index contributed by atoms with van der Waals surface area (Å²) in [6, 6.07) is 7.12. The van der Waals surface area contributed by atoms with Crippen LogP contribution in [0.2, 0.25) is 0 Å². The number of carboxylic acid groups (broad SMARTS) is 1. The quantitative estimate of drug-likeness (QED) is 0.789. The van der Waals surface area contributed by atoms with E-state index in [0.29, 0.717) is 25.0 Å². The number of amides is 1. The molecule has 20 heavy (non-hydrogen) atoms. The first-order chi connectivity index (χ1) is 9.75. The standard InChI is InChI=1S/C16H20N2O2/c19-16(20)17-8-3-7-14-13(10-17)12-6-1-4-11-5-2-9-18(14)15(11)12/h1,4,6,13-14H,2-3,5,7-10H2,(H,19,20)/t13-,14-/m0/s1. The predicted octanol–water partition coefficient (Wildman–Crippen LogP) is 2.68. The number of hydrogen-bond donors (Lipinski definition) is 1. The van der Waals surface area contributed by atoms with Crippen LogP contribution in [0.4, 0.5) is 10.5 Å². The van der Waals surface area contributed by atoms with Gasteiger partial charge < -0.3 is 14.9 Å². The Labute approximate surface area is 119 Å². The molecule has 0 aromatic heterocycles. The molecule has 0 spiro atoms. The molecule has 4 rings (SSSR count). The molecule has 3 aliphatic rings. The van der Waals surface area contributed by atoms with E-state index in [1.807, 2.05) is 0 Å². The molecular formula is C16H20N2O2. The first-order valence-corrected chi connectivity index (χ1v) is 7.62. The lowest BCUT2D eigenvalue weighted by Crippen LogP contribution is -2.39. The zero-order chi connectivity index (χ0) is 13.7. The molecule has 4 nitrogen and oxygen atoms in total. The van der Waals surface area contributed by atoms with Crippen molar-refractivity contribution in [2.75, 3.05) is 24.5 Å². The van der Waals surface area contributed by atoms with Gasteiger partial charge >= 0.3 is 6.09 Å². The molecule has 1 fully saturated rings. The van der Waals surface area contributed by atoms with Gasteiger partial charge in [-0.15, -0.1) is 0 Å². The summed E-state index contributed by atoms with van der Waals surface area (Å²) in [6.07, 6.45) is 3.72. The first kappa shape index (κ1) is 12.1. The zero-order valence-corrected chi connectivity index (χ0v) is 11.6. The molecule has 0 aliphatic carbocycles. The van der Waals surface area contributed by atoms with Gasteiger partial charge in [-0.1, -0.05) is 18.2 Å². The van der Waals surface area contributed by atoms with E-state index >= 15 is 0 Å². The number of nitrogens with zero attached hydrogens (tertiary/aromatic N) is 2. The van der Waals surface area contributed by atoms with Gasteiger partial charge in [0.05, 0.1) is 0 Å². The third-order valence-electron chi connectivity index (χ3n) is 5.16. The van der Waals surface area contributed by atoms with Crippen molar-refractivity contribution < 1.29 is 9.90 Å². The van der Waals surface area contributed by atoms with Crippen molar-refractivity contribution in [3.63, 3.8) is 0 Å². The minimum Gasteiger partial charge on any atom is -0.465 e. The number of para-hydroxylation sites is 1. The van der Waals surface area contributed by atoms with Gasteiger partial charge in [0.25, 0.3) is 0 Å². The monoisotopic (exact) mass is 272 g/mol. The molecule has 1 N–H and O–H groups in total. The Morgan fingerprint density at radius 3 is 3.00 bits per heavy atom. The molecule has 106 valence electrons. The van der Waals surface area contributed by atoms with E-state index < -0.39 is 6.09 Å². The molecule has 1 saturated heterocycles. The Bertz CT molecular complexity index is 557. The lowest BCUT2D eigenvalue weighted by Gasteiger charge is -2.33. The molecule has 0 radical (unpaired) electrons. The molecule has 0 unspecified atom stereocenters.